The molecule has 1 saturated heterocycles. The average molecular weight is 589 g/mol. The van der Waals surface area contributed by atoms with Crippen molar-refractivity contribution in [3.63, 3.8) is 0 Å². The highest BCUT2D eigenvalue weighted by atomic mass is 16.4. The molecule has 0 spiro atoms. The number of likely N-dealkylation sites (N-methyl/N-ethyl adjacent to an activating group) is 1. The van der Waals surface area contributed by atoms with Crippen molar-refractivity contribution in [1.29, 1.82) is 0 Å². The van der Waals surface area contributed by atoms with E-state index in [1.807, 2.05) is 0 Å². The number of amides is 5. The SMILES string of the molecule is CC(C)[C@@H]1NC(=O)[C@@H](Cc2ccccc2)NC(=O)[C@H](CC(=O)O)N(C)C(=O)CNC(=O)[C@H](CCCN=C(N)N)NC1=O. The Kier molecular flexibility index (Phi) is 12.7. The number of aliphatic carboxylic acids is 1. The third kappa shape index (κ3) is 10.4. The van der Waals surface area contributed by atoms with Gasteiger partial charge in [-0.25, -0.2) is 0 Å². The minimum absolute atomic E-state index is 0.0236. The number of hydrogen-bond acceptors (Lipinski definition) is 7. The Hall–Kier alpha value is -4.69. The second kappa shape index (κ2) is 15.9. The number of carboxylic acid groups (broad SMARTS) is 1. The van der Waals surface area contributed by atoms with Gasteiger partial charge in [0.25, 0.3) is 0 Å². The summed E-state index contributed by atoms with van der Waals surface area (Å²) < 4.78 is 0. The first-order chi connectivity index (χ1) is 19.8. The number of hydrogen-bond donors (Lipinski definition) is 7. The quantitative estimate of drug-likeness (QED) is 0.0942. The monoisotopic (exact) mass is 588 g/mol. The highest BCUT2D eigenvalue weighted by molar-refractivity contribution is 5.98. The normalized spacial score (nSPS) is 22.7. The maximum absolute atomic E-state index is 13.5. The molecule has 1 fully saturated rings. The van der Waals surface area contributed by atoms with E-state index in [-0.39, 0.29) is 25.3 Å². The second-order valence-electron chi connectivity index (χ2n) is 10.3. The van der Waals surface area contributed by atoms with Crippen molar-refractivity contribution in [2.75, 3.05) is 20.1 Å². The van der Waals surface area contributed by atoms with Crippen LogP contribution >= 0.6 is 0 Å². The molecule has 1 aliphatic heterocycles. The second-order valence-corrected chi connectivity index (χ2v) is 10.3. The molecule has 1 aromatic carbocycles. The fourth-order valence-electron chi connectivity index (χ4n) is 4.31. The van der Waals surface area contributed by atoms with Gasteiger partial charge in [0.2, 0.25) is 29.5 Å². The summed E-state index contributed by atoms with van der Waals surface area (Å²) in [6.45, 7) is 3.01. The van der Waals surface area contributed by atoms with E-state index in [0.29, 0.717) is 12.0 Å². The van der Waals surface area contributed by atoms with Crippen molar-refractivity contribution >= 4 is 41.5 Å². The summed E-state index contributed by atoms with van der Waals surface area (Å²) in [4.78, 5) is 82.6. The van der Waals surface area contributed by atoms with Gasteiger partial charge < -0.3 is 42.7 Å². The minimum Gasteiger partial charge on any atom is -0.481 e. The molecule has 0 aromatic heterocycles. The smallest absolute Gasteiger partial charge is 0.305 e. The molecule has 9 N–H and O–H groups in total. The molecule has 0 bridgehead atoms. The van der Waals surface area contributed by atoms with Crippen LogP contribution in [0, 0.1) is 5.92 Å². The molecule has 5 amide bonds. The Morgan fingerprint density at radius 3 is 2.21 bits per heavy atom. The van der Waals surface area contributed by atoms with Crippen LogP contribution in [0.5, 0.6) is 0 Å². The number of carbonyl (C=O) groups is 6. The lowest BCUT2D eigenvalue weighted by molar-refractivity contribution is -0.146. The first-order valence-electron chi connectivity index (χ1n) is 13.6. The zero-order valence-electron chi connectivity index (χ0n) is 24.0. The van der Waals surface area contributed by atoms with Gasteiger partial charge in [0, 0.05) is 20.0 Å². The molecule has 0 unspecified atom stereocenters. The number of benzene rings is 1. The van der Waals surface area contributed by atoms with E-state index in [1.54, 1.807) is 44.2 Å². The number of aliphatic imine (C=N–C) groups is 1. The van der Waals surface area contributed by atoms with Crippen LogP contribution in [-0.4, -0.2) is 95.8 Å². The Bertz CT molecular complexity index is 1170. The van der Waals surface area contributed by atoms with Gasteiger partial charge >= 0.3 is 5.97 Å². The van der Waals surface area contributed by atoms with Crippen molar-refractivity contribution in [2.45, 2.75) is 63.7 Å². The van der Waals surface area contributed by atoms with Crippen LogP contribution in [0.25, 0.3) is 0 Å². The Labute approximate surface area is 243 Å². The number of carbonyl (C=O) groups excluding carboxylic acids is 5. The molecule has 0 radical (unpaired) electrons. The predicted molar refractivity (Wildman–Crippen MR) is 153 cm³/mol. The third-order valence-corrected chi connectivity index (χ3v) is 6.69. The van der Waals surface area contributed by atoms with Crippen LogP contribution in [-0.2, 0) is 35.2 Å². The lowest BCUT2D eigenvalue weighted by Crippen LogP contribution is -2.59. The molecule has 1 heterocycles. The van der Waals surface area contributed by atoms with E-state index in [1.165, 1.54) is 7.05 Å². The minimum atomic E-state index is -1.49. The third-order valence-electron chi connectivity index (χ3n) is 6.69. The summed E-state index contributed by atoms with van der Waals surface area (Å²) in [7, 11) is 1.23. The molecule has 15 nitrogen and oxygen atoms in total. The summed E-state index contributed by atoms with van der Waals surface area (Å²) in [5.41, 5.74) is 11.4. The zero-order chi connectivity index (χ0) is 31.4. The van der Waals surface area contributed by atoms with Gasteiger partial charge in [0.1, 0.15) is 24.2 Å². The fraction of sp³-hybridized carbons (Fsp3) is 0.519. The first-order valence-corrected chi connectivity index (χ1v) is 13.6. The lowest BCUT2D eigenvalue weighted by Gasteiger charge is -2.29. The molecule has 0 aliphatic carbocycles. The van der Waals surface area contributed by atoms with E-state index >= 15 is 0 Å². The van der Waals surface area contributed by atoms with Gasteiger partial charge in [-0.05, 0) is 24.3 Å². The van der Waals surface area contributed by atoms with Gasteiger partial charge in [-0.2, -0.15) is 0 Å². The maximum Gasteiger partial charge on any atom is 0.305 e. The van der Waals surface area contributed by atoms with E-state index in [2.05, 4.69) is 26.3 Å². The van der Waals surface area contributed by atoms with Gasteiger partial charge in [-0.15, -0.1) is 0 Å². The standard InChI is InChI=1S/C27H40N8O7/c1-15(2)22-26(42)32-17(10-7-11-30-27(28)29)23(39)31-14-20(36)35(3)19(13-21(37)38)25(41)33-18(24(40)34-22)12-16-8-5-4-6-9-16/h4-6,8-9,15,17-19,22H,7,10-14H2,1-3H3,(H,31,39)(H,32,42)(H,33,41)(H,34,40)(H,37,38)(H4,28,29,30)/t17-,18+,19-,22-/m0/s1. The van der Waals surface area contributed by atoms with E-state index < -0.39 is 78.6 Å². The number of nitrogens with one attached hydrogen (secondary N) is 4. The fourth-order valence-corrected chi connectivity index (χ4v) is 4.31. The van der Waals surface area contributed by atoms with Crippen molar-refractivity contribution in [2.24, 2.45) is 22.4 Å². The molecule has 42 heavy (non-hydrogen) atoms. The van der Waals surface area contributed by atoms with Crippen molar-refractivity contribution in [3.05, 3.63) is 35.9 Å². The Balaban J connectivity index is 2.48. The Morgan fingerprint density at radius 1 is 0.976 bits per heavy atom. The van der Waals surface area contributed by atoms with Crippen molar-refractivity contribution in [1.82, 2.24) is 26.2 Å². The molecule has 4 atom stereocenters. The maximum atomic E-state index is 13.5. The largest absolute Gasteiger partial charge is 0.481 e. The molecule has 230 valence electrons. The van der Waals surface area contributed by atoms with Crippen molar-refractivity contribution < 1.29 is 33.9 Å². The number of guanidine groups is 1. The number of nitrogens with two attached hydrogens (primary N) is 2. The zero-order valence-corrected chi connectivity index (χ0v) is 24.0. The molecular weight excluding hydrogens is 548 g/mol. The van der Waals surface area contributed by atoms with Crippen LogP contribution in [0.3, 0.4) is 0 Å². The average Bonchev–Trinajstić information content (AvgIpc) is 2.93. The van der Waals surface area contributed by atoms with Crippen LogP contribution in [0.4, 0.5) is 0 Å². The summed E-state index contributed by atoms with van der Waals surface area (Å²) >= 11 is 0. The van der Waals surface area contributed by atoms with Gasteiger partial charge in [-0.1, -0.05) is 44.2 Å². The number of carboxylic acids is 1. The molecule has 15 heteroatoms. The van der Waals surface area contributed by atoms with E-state index in [4.69, 9.17) is 11.5 Å². The van der Waals surface area contributed by atoms with Gasteiger partial charge in [0.05, 0.1) is 13.0 Å². The molecular formula is C27H40N8O7. The molecule has 1 aliphatic rings. The van der Waals surface area contributed by atoms with Gasteiger partial charge in [-0.3, -0.25) is 33.8 Å². The van der Waals surface area contributed by atoms with Gasteiger partial charge in [0.15, 0.2) is 5.96 Å². The molecule has 2 rings (SSSR count). The summed E-state index contributed by atoms with van der Waals surface area (Å²) in [6.07, 6.45) is -0.309. The predicted octanol–water partition coefficient (Wildman–Crippen LogP) is -2.18. The lowest BCUT2D eigenvalue weighted by atomic mass is 10.00. The summed E-state index contributed by atoms with van der Waals surface area (Å²) in [6, 6.07) is 3.88. The number of nitrogens with zero attached hydrogens (tertiary/aromatic N) is 2. The van der Waals surface area contributed by atoms with E-state index in [9.17, 15) is 33.9 Å². The van der Waals surface area contributed by atoms with E-state index in [0.717, 1.165) is 4.90 Å². The van der Waals surface area contributed by atoms with Crippen LogP contribution in [0.2, 0.25) is 0 Å². The number of rotatable bonds is 9. The molecule has 1 aromatic rings. The van der Waals surface area contributed by atoms with Crippen molar-refractivity contribution in [3.8, 4) is 0 Å². The van der Waals surface area contributed by atoms with Crippen LogP contribution in [0.1, 0.15) is 38.7 Å². The molecule has 0 saturated carbocycles. The highest BCUT2D eigenvalue weighted by Gasteiger charge is 2.35. The highest BCUT2D eigenvalue weighted by Crippen LogP contribution is 2.11. The summed E-state index contributed by atoms with van der Waals surface area (Å²) in [5.74, 6) is -5.58. The first kappa shape index (κ1) is 33.5. The van der Waals surface area contributed by atoms with Crippen LogP contribution < -0.4 is 32.7 Å². The van der Waals surface area contributed by atoms with Crippen LogP contribution in [0.15, 0.2) is 35.3 Å². The summed E-state index contributed by atoms with van der Waals surface area (Å²) in [5, 5.41) is 19.8. The Morgan fingerprint density at radius 2 is 1.62 bits per heavy atom. The topological polar surface area (TPSA) is 238 Å².